The number of allylic oxidation sites excluding steroid dienone is 1. The number of unbranched alkanes of at least 4 members (excludes halogenated alkanes) is 3. The molecule has 4 rings (SSSR count). The minimum Gasteiger partial charge on any atom is -0.494 e. The SMILES string of the molecule is CC/C(=C(/c1ccc(OCCCCCCC(=O)NC)cc1)c1ccc2[nH]ncc2c1)c1ccccc1. The number of carbonyl (C=O) groups is 1. The summed E-state index contributed by atoms with van der Waals surface area (Å²) < 4.78 is 6.01. The van der Waals surface area contributed by atoms with Crippen LogP contribution in [0.4, 0.5) is 0 Å². The molecule has 1 aromatic heterocycles. The van der Waals surface area contributed by atoms with Gasteiger partial charge in [0.05, 0.1) is 18.3 Å². The van der Waals surface area contributed by atoms with E-state index < -0.39 is 0 Å². The number of benzene rings is 3. The molecule has 5 heteroatoms. The van der Waals surface area contributed by atoms with Crippen LogP contribution in [0.25, 0.3) is 22.0 Å². The fraction of sp³-hybridized carbons (Fsp3) is 0.290. The third kappa shape index (κ3) is 6.42. The topological polar surface area (TPSA) is 67.0 Å². The number of hydrogen-bond acceptors (Lipinski definition) is 3. The molecule has 2 N–H and O–H groups in total. The molecule has 5 nitrogen and oxygen atoms in total. The van der Waals surface area contributed by atoms with Crippen molar-refractivity contribution in [2.45, 2.75) is 45.4 Å². The number of nitrogens with zero attached hydrogens (tertiary/aromatic N) is 1. The maximum atomic E-state index is 11.3. The van der Waals surface area contributed by atoms with Crippen LogP contribution in [-0.2, 0) is 4.79 Å². The fourth-order valence-corrected chi connectivity index (χ4v) is 4.55. The van der Waals surface area contributed by atoms with Gasteiger partial charge < -0.3 is 10.1 Å². The molecule has 0 fully saturated rings. The molecule has 0 saturated carbocycles. The van der Waals surface area contributed by atoms with E-state index in [0.717, 1.165) is 48.8 Å². The molecule has 186 valence electrons. The van der Waals surface area contributed by atoms with Crippen LogP contribution < -0.4 is 10.1 Å². The third-order valence-corrected chi connectivity index (χ3v) is 6.50. The van der Waals surface area contributed by atoms with Crippen LogP contribution in [0.5, 0.6) is 5.75 Å². The molecule has 1 amide bonds. The van der Waals surface area contributed by atoms with Crippen molar-refractivity contribution in [3.8, 4) is 5.75 Å². The van der Waals surface area contributed by atoms with Crippen LogP contribution in [0.3, 0.4) is 0 Å². The number of aromatic nitrogens is 2. The van der Waals surface area contributed by atoms with Gasteiger partial charge in [-0.25, -0.2) is 0 Å². The first-order valence-electron chi connectivity index (χ1n) is 12.9. The van der Waals surface area contributed by atoms with Gasteiger partial charge in [0, 0.05) is 18.9 Å². The molecule has 0 bridgehead atoms. The lowest BCUT2D eigenvalue weighted by molar-refractivity contribution is -0.120. The van der Waals surface area contributed by atoms with Crippen LogP contribution >= 0.6 is 0 Å². The molecule has 36 heavy (non-hydrogen) atoms. The lowest BCUT2D eigenvalue weighted by atomic mass is 9.88. The van der Waals surface area contributed by atoms with Gasteiger partial charge in [-0.15, -0.1) is 0 Å². The summed E-state index contributed by atoms with van der Waals surface area (Å²) in [7, 11) is 1.68. The van der Waals surface area contributed by atoms with Crippen molar-refractivity contribution >= 4 is 28.0 Å². The van der Waals surface area contributed by atoms with Crippen LogP contribution in [0.15, 0.2) is 79.0 Å². The molecule has 0 saturated heterocycles. The number of aromatic amines is 1. The molecule has 0 aliphatic rings. The number of ether oxygens (including phenoxy) is 1. The number of carbonyl (C=O) groups excluding carboxylic acids is 1. The van der Waals surface area contributed by atoms with Gasteiger partial charge in [-0.1, -0.05) is 68.3 Å². The maximum Gasteiger partial charge on any atom is 0.219 e. The Morgan fingerprint density at radius 2 is 1.64 bits per heavy atom. The van der Waals surface area contributed by atoms with Gasteiger partial charge in [0.2, 0.25) is 5.91 Å². The summed E-state index contributed by atoms with van der Waals surface area (Å²) in [6.45, 7) is 2.90. The summed E-state index contributed by atoms with van der Waals surface area (Å²) in [5, 5.41) is 11.0. The number of nitrogens with one attached hydrogen (secondary N) is 2. The molecule has 1 heterocycles. The summed E-state index contributed by atoms with van der Waals surface area (Å²) in [5.74, 6) is 0.995. The minimum absolute atomic E-state index is 0.114. The summed E-state index contributed by atoms with van der Waals surface area (Å²) in [4.78, 5) is 11.3. The molecular weight excluding hydrogens is 446 g/mol. The summed E-state index contributed by atoms with van der Waals surface area (Å²) >= 11 is 0. The second-order valence-electron chi connectivity index (χ2n) is 8.96. The van der Waals surface area contributed by atoms with E-state index in [1.165, 1.54) is 27.8 Å². The van der Waals surface area contributed by atoms with Crippen molar-refractivity contribution in [3.05, 3.63) is 95.7 Å². The summed E-state index contributed by atoms with van der Waals surface area (Å²) in [6.07, 6.45) is 7.42. The van der Waals surface area contributed by atoms with Gasteiger partial charge in [-0.2, -0.15) is 5.10 Å². The fourth-order valence-electron chi connectivity index (χ4n) is 4.55. The molecule has 0 aliphatic heterocycles. The van der Waals surface area contributed by atoms with Gasteiger partial charge in [0.15, 0.2) is 0 Å². The summed E-state index contributed by atoms with van der Waals surface area (Å²) in [5.41, 5.74) is 7.15. The Kier molecular flexibility index (Phi) is 8.92. The van der Waals surface area contributed by atoms with Gasteiger partial charge in [-0.3, -0.25) is 9.89 Å². The average molecular weight is 482 g/mol. The van der Waals surface area contributed by atoms with Gasteiger partial charge >= 0.3 is 0 Å². The molecule has 0 radical (unpaired) electrons. The van der Waals surface area contributed by atoms with E-state index in [-0.39, 0.29) is 5.91 Å². The van der Waals surface area contributed by atoms with Crippen molar-refractivity contribution in [2.75, 3.05) is 13.7 Å². The minimum atomic E-state index is 0.114. The van der Waals surface area contributed by atoms with Crippen molar-refractivity contribution < 1.29 is 9.53 Å². The predicted octanol–water partition coefficient (Wildman–Crippen LogP) is 7.01. The predicted molar refractivity (Wildman–Crippen MR) is 148 cm³/mol. The second kappa shape index (κ2) is 12.7. The number of H-pyrrole nitrogens is 1. The number of hydrogen-bond donors (Lipinski definition) is 2. The van der Waals surface area contributed by atoms with E-state index in [4.69, 9.17) is 4.74 Å². The summed E-state index contributed by atoms with van der Waals surface area (Å²) in [6, 6.07) is 25.5. The van der Waals surface area contributed by atoms with Crippen molar-refractivity contribution in [1.29, 1.82) is 0 Å². The monoisotopic (exact) mass is 481 g/mol. The average Bonchev–Trinajstić information content (AvgIpc) is 3.40. The Balaban J connectivity index is 1.51. The molecule has 0 atom stereocenters. The Bertz CT molecular complexity index is 1290. The molecule has 3 aromatic carbocycles. The molecule has 0 spiro atoms. The molecular formula is C31H35N3O2. The first kappa shape index (κ1) is 25.2. The number of amides is 1. The highest BCUT2D eigenvalue weighted by atomic mass is 16.5. The first-order valence-corrected chi connectivity index (χ1v) is 12.9. The zero-order chi connectivity index (χ0) is 25.2. The Hall–Kier alpha value is -3.86. The van der Waals surface area contributed by atoms with E-state index in [2.05, 4.69) is 95.2 Å². The van der Waals surface area contributed by atoms with Crippen LogP contribution in [0.1, 0.15) is 62.1 Å². The molecule has 4 aromatic rings. The van der Waals surface area contributed by atoms with Gasteiger partial charge in [-0.05, 0) is 71.4 Å². The van der Waals surface area contributed by atoms with Crippen molar-refractivity contribution in [2.24, 2.45) is 0 Å². The second-order valence-corrected chi connectivity index (χ2v) is 8.96. The Labute approximate surface area is 213 Å². The standard InChI is InChI=1S/C31H35N3O2/c1-3-28(23-11-7-6-8-12-23)31(25-16-19-29-26(21-25)22-33-34-29)24-14-17-27(18-15-24)36-20-10-5-4-9-13-30(35)32-2/h6-8,11-12,14-19,21-22H,3-5,9-10,13,20H2,1-2H3,(H,32,35)(H,33,34)/b31-28+. The van der Waals surface area contributed by atoms with Crippen molar-refractivity contribution in [1.82, 2.24) is 15.5 Å². The number of rotatable bonds is 12. The van der Waals surface area contributed by atoms with E-state index in [1.54, 1.807) is 7.05 Å². The Morgan fingerprint density at radius 3 is 2.39 bits per heavy atom. The first-order chi connectivity index (χ1) is 17.7. The highest BCUT2D eigenvalue weighted by Gasteiger charge is 2.14. The number of fused-ring (bicyclic) bond motifs is 1. The lowest BCUT2D eigenvalue weighted by Crippen LogP contribution is -2.16. The van der Waals surface area contributed by atoms with Crippen LogP contribution in [0, 0.1) is 0 Å². The van der Waals surface area contributed by atoms with Gasteiger partial charge in [0.25, 0.3) is 0 Å². The smallest absolute Gasteiger partial charge is 0.219 e. The highest BCUT2D eigenvalue weighted by molar-refractivity contribution is 6.00. The largest absolute Gasteiger partial charge is 0.494 e. The zero-order valence-corrected chi connectivity index (χ0v) is 21.2. The highest BCUT2D eigenvalue weighted by Crippen LogP contribution is 2.36. The quantitative estimate of drug-likeness (QED) is 0.169. The zero-order valence-electron chi connectivity index (χ0n) is 21.2. The molecule has 0 unspecified atom stereocenters. The van der Waals surface area contributed by atoms with E-state index in [0.29, 0.717) is 13.0 Å². The normalized spacial score (nSPS) is 11.8. The van der Waals surface area contributed by atoms with Crippen molar-refractivity contribution in [3.63, 3.8) is 0 Å². The van der Waals surface area contributed by atoms with E-state index >= 15 is 0 Å². The third-order valence-electron chi connectivity index (χ3n) is 6.50. The van der Waals surface area contributed by atoms with E-state index in [1.807, 2.05) is 6.20 Å². The van der Waals surface area contributed by atoms with E-state index in [9.17, 15) is 4.79 Å². The van der Waals surface area contributed by atoms with Crippen LogP contribution in [-0.4, -0.2) is 29.8 Å². The maximum absolute atomic E-state index is 11.3. The van der Waals surface area contributed by atoms with Crippen LogP contribution in [0.2, 0.25) is 0 Å². The Morgan fingerprint density at radius 1 is 0.889 bits per heavy atom. The van der Waals surface area contributed by atoms with Gasteiger partial charge in [0.1, 0.15) is 5.75 Å². The molecule has 0 aliphatic carbocycles. The lowest BCUT2D eigenvalue weighted by Gasteiger charge is -2.17.